The zero-order valence-corrected chi connectivity index (χ0v) is 10.6. The maximum Gasteiger partial charge on any atom is 0.137 e. The Balaban J connectivity index is 2.28. The summed E-state index contributed by atoms with van der Waals surface area (Å²) in [6.07, 6.45) is 1.67. The standard InChI is InChI=1S/C13H10INO/c14-12-8-4-5-10(13(12)16)9-15-11-6-2-1-3-7-11/h1-9,16H. The fourth-order valence-electron chi connectivity index (χ4n) is 1.29. The van der Waals surface area contributed by atoms with Gasteiger partial charge in [0.05, 0.1) is 9.26 Å². The minimum absolute atomic E-state index is 0.280. The number of hydrogen-bond donors (Lipinski definition) is 1. The van der Waals surface area contributed by atoms with E-state index in [-0.39, 0.29) is 5.75 Å². The second kappa shape index (κ2) is 5.12. The van der Waals surface area contributed by atoms with Crippen molar-refractivity contribution in [3.63, 3.8) is 0 Å². The predicted octanol–water partition coefficient (Wildman–Crippen LogP) is 3.75. The van der Waals surface area contributed by atoms with Crippen LogP contribution in [0.15, 0.2) is 53.5 Å². The Bertz CT molecular complexity index is 509. The van der Waals surface area contributed by atoms with Crippen molar-refractivity contribution in [3.05, 3.63) is 57.7 Å². The molecule has 0 aliphatic rings. The van der Waals surface area contributed by atoms with Crippen LogP contribution >= 0.6 is 22.6 Å². The van der Waals surface area contributed by atoms with Gasteiger partial charge in [-0.3, -0.25) is 4.99 Å². The number of phenolic OH excluding ortho intramolecular Hbond substituents is 1. The molecule has 0 aliphatic heterocycles. The molecule has 0 radical (unpaired) electrons. The van der Waals surface area contributed by atoms with Gasteiger partial charge in [-0.15, -0.1) is 0 Å². The van der Waals surface area contributed by atoms with E-state index < -0.39 is 0 Å². The SMILES string of the molecule is Oc1c(I)cccc1C=Nc1ccccc1. The van der Waals surface area contributed by atoms with Crippen LogP contribution in [0.25, 0.3) is 0 Å². The lowest BCUT2D eigenvalue weighted by Crippen LogP contribution is -1.84. The fraction of sp³-hybridized carbons (Fsp3) is 0. The first kappa shape index (κ1) is 11.1. The molecule has 0 fully saturated rings. The van der Waals surface area contributed by atoms with Gasteiger partial charge < -0.3 is 5.11 Å². The van der Waals surface area contributed by atoms with Crippen LogP contribution in [-0.4, -0.2) is 11.3 Å². The van der Waals surface area contributed by atoms with Gasteiger partial charge in [-0.05, 0) is 46.9 Å². The van der Waals surface area contributed by atoms with Gasteiger partial charge in [-0.25, -0.2) is 0 Å². The zero-order valence-electron chi connectivity index (χ0n) is 8.47. The van der Waals surface area contributed by atoms with E-state index in [1.54, 1.807) is 6.21 Å². The highest BCUT2D eigenvalue weighted by molar-refractivity contribution is 14.1. The number of aromatic hydroxyl groups is 1. The summed E-state index contributed by atoms with van der Waals surface area (Å²) in [4.78, 5) is 4.29. The van der Waals surface area contributed by atoms with Gasteiger partial charge in [-0.1, -0.05) is 24.3 Å². The number of halogens is 1. The van der Waals surface area contributed by atoms with Crippen molar-refractivity contribution in [1.82, 2.24) is 0 Å². The Hall–Kier alpha value is -1.36. The molecule has 16 heavy (non-hydrogen) atoms. The summed E-state index contributed by atoms with van der Waals surface area (Å²) in [5, 5.41) is 9.78. The third kappa shape index (κ3) is 2.61. The van der Waals surface area contributed by atoms with E-state index in [1.165, 1.54) is 0 Å². The van der Waals surface area contributed by atoms with Crippen LogP contribution in [0.4, 0.5) is 5.69 Å². The van der Waals surface area contributed by atoms with Crippen molar-refractivity contribution in [1.29, 1.82) is 0 Å². The first-order valence-corrected chi connectivity index (χ1v) is 5.92. The molecule has 3 heteroatoms. The summed E-state index contributed by atoms with van der Waals surface area (Å²) in [5.74, 6) is 0.280. The Morgan fingerprint density at radius 1 is 1.00 bits per heavy atom. The van der Waals surface area contributed by atoms with Crippen molar-refractivity contribution in [2.24, 2.45) is 4.99 Å². The van der Waals surface area contributed by atoms with Crippen molar-refractivity contribution < 1.29 is 5.11 Å². The van der Waals surface area contributed by atoms with Crippen LogP contribution in [0.1, 0.15) is 5.56 Å². The van der Waals surface area contributed by atoms with E-state index in [1.807, 2.05) is 48.5 Å². The normalized spacial score (nSPS) is 10.8. The van der Waals surface area contributed by atoms with E-state index >= 15 is 0 Å². The van der Waals surface area contributed by atoms with Crippen LogP contribution in [-0.2, 0) is 0 Å². The quantitative estimate of drug-likeness (QED) is 0.663. The minimum atomic E-state index is 0.280. The largest absolute Gasteiger partial charge is 0.506 e. The van der Waals surface area contributed by atoms with E-state index in [0.29, 0.717) is 0 Å². The third-order valence-electron chi connectivity index (χ3n) is 2.13. The highest BCUT2D eigenvalue weighted by atomic mass is 127. The molecule has 0 saturated carbocycles. The maximum atomic E-state index is 9.78. The van der Waals surface area contributed by atoms with E-state index in [0.717, 1.165) is 14.8 Å². The van der Waals surface area contributed by atoms with Crippen molar-refractivity contribution in [2.75, 3.05) is 0 Å². The monoisotopic (exact) mass is 323 g/mol. The lowest BCUT2D eigenvalue weighted by atomic mass is 10.2. The van der Waals surface area contributed by atoms with Crippen LogP contribution in [0.2, 0.25) is 0 Å². The Kier molecular flexibility index (Phi) is 3.56. The zero-order chi connectivity index (χ0) is 11.4. The highest BCUT2D eigenvalue weighted by Crippen LogP contribution is 2.23. The number of benzene rings is 2. The number of phenols is 1. The molecule has 0 aromatic heterocycles. The number of rotatable bonds is 2. The van der Waals surface area contributed by atoms with Crippen LogP contribution in [0.5, 0.6) is 5.75 Å². The molecule has 0 heterocycles. The van der Waals surface area contributed by atoms with Gasteiger partial charge in [-0.2, -0.15) is 0 Å². The molecule has 0 atom stereocenters. The summed E-state index contributed by atoms with van der Waals surface area (Å²) >= 11 is 2.09. The molecule has 2 nitrogen and oxygen atoms in total. The molecule has 0 bridgehead atoms. The number of hydrogen-bond acceptors (Lipinski definition) is 2. The molecule has 0 aliphatic carbocycles. The molecule has 2 aromatic carbocycles. The average molecular weight is 323 g/mol. The van der Waals surface area contributed by atoms with Crippen LogP contribution in [0, 0.1) is 3.57 Å². The Labute approximate surface area is 108 Å². The van der Waals surface area contributed by atoms with Crippen molar-refractivity contribution in [3.8, 4) is 5.75 Å². The Morgan fingerprint density at radius 2 is 1.75 bits per heavy atom. The van der Waals surface area contributed by atoms with Crippen molar-refractivity contribution in [2.45, 2.75) is 0 Å². The fourth-order valence-corrected chi connectivity index (χ4v) is 1.81. The summed E-state index contributed by atoms with van der Waals surface area (Å²) in [7, 11) is 0. The van der Waals surface area contributed by atoms with Gasteiger partial charge in [0.2, 0.25) is 0 Å². The van der Waals surface area contributed by atoms with E-state index in [4.69, 9.17) is 0 Å². The van der Waals surface area contributed by atoms with Gasteiger partial charge >= 0.3 is 0 Å². The summed E-state index contributed by atoms with van der Waals surface area (Å²) in [5.41, 5.74) is 1.61. The van der Waals surface area contributed by atoms with Gasteiger partial charge in [0, 0.05) is 11.8 Å². The molecule has 0 unspecified atom stereocenters. The van der Waals surface area contributed by atoms with Gasteiger partial charge in [0.15, 0.2) is 0 Å². The predicted molar refractivity (Wildman–Crippen MR) is 74.5 cm³/mol. The molecule has 80 valence electrons. The van der Waals surface area contributed by atoms with Gasteiger partial charge in [0.1, 0.15) is 5.75 Å². The first-order valence-electron chi connectivity index (χ1n) is 4.84. The number of para-hydroxylation sites is 2. The van der Waals surface area contributed by atoms with Crippen LogP contribution < -0.4 is 0 Å². The number of nitrogens with zero attached hydrogens (tertiary/aromatic N) is 1. The third-order valence-corrected chi connectivity index (χ3v) is 3.00. The van der Waals surface area contributed by atoms with Gasteiger partial charge in [0.25, 0.3) is 0 Å². The molecule has 2 rings (SSSR count). The number of aliphatic imine (C=N–C) groups is 1. The van der Waals surface area contributed by atoms with Crippen molar-refractivity contribution >= 4 is 34.5 Å². The molecule has 0 amide bonds. The lowest BCUT2D eigenvalue weighted by Gasteiger charge is -2.00. The molecular weight excluding hydrogens is 313 g/mol. The smallest absolute Gasteiger partial charge is 0.137 e. The molecular formula is C13H10INO. The maximum absolute atomic E-state index is 9.78. The lowest BCUT2D eigenvalue weighted by molar-refractivity contribution is 0.470. The summed E-state index contributed by atoms with van der Waals surface area (Å²) < 4.78 is 0.828. The first-order chi connectivity index (χ1) is 7.77. The molecule has 0 spiro atoms. The average Bonchev–Trinajstić information content (AvgIpc) is 2.32. The second-order valence-electron chi connectivity index (χ2n) is 3.27. The second-order valence-corrected chi connectivity index (χ2v) is 4.43. The highest BCUT2D eigenvalue weighted by Gasteiger charge is 2.01. The molecule has 2 aromatic rings. The van der Waals surface area contributed by atoms with E-state index in [2.05, 4.69) is 27.6 Å². The molecule has 0 saturated heterocycles. The van der Waals surface area contributed by atoms with Crippen LogP contribution in [0.3, 0.4) is 0 Å². The molecule has 1 N–H and O–H groups in total. The minimum Gasteiger partial charge on any atom is -0.506 e. The summed E-state index contributed by atoms with van der Waals surface area (Å²) in [6.45, 7) is 0. The Morgan fingerprint density at radius 3 is 2.50 bits per heavy atom. The topological polar surface area (TPSA) is 32.6 Å². The summed E-state index contributed by atoms with van der Waals surface area (Å²) in [6, 6.07) is 15.2. The van der Waals surface area contributed by atoms with E-state index in [9.17, 15) is 5.11 Å².